The first-order valence-electron chi connectivity index (χ1n) is 7.66. The number of rotatable bonds is 6. The molecule has 132 valence electrons. The first-order chi connectivity index (χ1) is 12.7. The summed E-state index contributed by atoms with van der Waals surface area (Å²) in [6, 6.07) is 14.6. The summed E-state index contributed by atoms with van der Waals surface area (Å²) in [5, 5.41) is 13.7. The summed E-state index contributed by atoms with van der Waals surface area (Å²) in [5.74, 6) is 0.299. The highest BCUT2D eigenvalue weighted by molar-refractivity contribution is 7.98. The highest BCUT2D eigenvalue weighted by atomic mass is 35.5. The summed E-state index contributed by atoms with van der Waals surface area (Å²) in [5.41, 5.74) is 2.36. The van der Waals surface area contributed by atoms with Crippen molar-refractivity contribution in [3.8, 4) is 0 Å². The van der Waals surface area contributed by atoms with Gasteiger partial charge in [-0.3, -0.25) is 0 Å². The van der Waals surface area contributed by atoms with E-state index in [1.54, 1.807) is 35.2 Å². The van der Waals surface area contributed by atoms with Crippen LogP contribution in [0, 0.1) is 0 Å². The number of carbonyl (C=O) groups is 1. The summed E-state index contributed by atoms with van der Waals surface area (Å²) in [6.07, 6.45) is 3.21. The Bertz CT molecular complexity index is 925. The van der Waals surface area contributed by atoms with E-state index in [0.717, 1.165) is 16.1 Å². The van der Waals surface area contributed by atoms with E-state index in [1.165, 1.54) is 25.2 Å². The van der Waals surface area contributed by atoms with Crippen molar-refractivity contribution in [1.82, 2.24) is 14.9 Å². The van der Waals surface area contributed by atoms with Crippen LogP contribution in [0.4, 0.5) is 0 Å². The number of esters is 1. The lowest BCUT2D eigenvalue weighted by atomic mass is 10.1. The lowest BCUT2D eigenvalue weighted by Gasteiger charge is -2.03. The van der Waals surface area contributed by atoms with Gasteiger partial charge in [-0.25, -0.2) is 4.79 Å². The van der Waals surface area contributed by atoms with E-state index >= 15 is 0 Å². The Kier molecular flexibility index (Phi) is 6.04. The number of thioether (sulfide) groups is 1. The predicted octanol–water partition coefficient (Wildman–Crippen LogP) is 3.89. The Morgan fingerprint density at radius 3 is 2.77 bits per heavy atom. The maximum Gasteiger partial charge on any atom is 0.337 e. The van der Waals surface area contributed by atoms with Crippen molar-refractivity contribution in [3.63, 3.8) is 0 Å². The fraction of sp³-hybridized carbons (Fsp3) is 0.111. The molecule has 0 aliphatic carbocycles. The number of benzene rings is 2. The molecule has 3 rings (SSSR count). The van der Waals surface area contributed by atoms with Crippen LogP contribution < -0.4 is 0 Å². The van der Waals surface area contributed by atoms with Gasteiger partial charge in [0.2, 0.25) is 5.16 Å². The third-order valence-corrected chi connectivity index (χ3v) is 4.83. The lowest BCUT2D eigenvalue weighted by Crippen LogP contribution is -2.00. The van der Waals surface area contributed by atoms with E-state index in [0.29, 0.717) is 16.5 Å². The van der Waals surface area contributed by atoms with Gasteiger partial charge >= 0.3 is 5.97 Å². The van der Waals surface area contributed by atoms with Gasteiger partial charge in [0, 0.05) is 10.8 Å². The van der Waals surface area contributed by atoms with Crippen LogP contribution in [0.3, 0.4) is 0 Å². The minimum atomic E-state index is -0.370. The largest absolute Gasteiger partial charge is 0.465 e. The molecule has 0 unspecified atom stereocenters. The number of halogens is 1. The van der Waals surface area contributed by atoms with E-state index in [2.05, 4.69) is 20.0 Å². The molecule has 0 fully saturated rings. The zero-order chi connectivity index (χ0) is 18.4. The molecule has 0 atom stereocenters. The fourth-order valence-electron chi connectivity index (χ4n) is 2.10. The second-order valence-electron chi connectivity index (χ2n) is 5.20. The smallest absolute Gasteiger partial charge is 0.337 e. The van der Waals surface area contributed by atoms with E-state index in [1.807, 2.05) is 24.3 Å². The molecule has 26 heavy (non-hydrogen) atoms. The van der Waals surface area contributed by atoms with Crippen molar-refractivity contribution < 1.29 is 9.53 Å². The Labute approximate surface area is 159 Å². The van der Waals surface area contributed by atoms with Crippen LogP contribution in [0.15, 0.2) is 65.1 Å². The second kappa shape index (κ2) is 8.64. The molecule has 0 N–H and O–H groups in total. The number of hydrogen-bond donors (Lipinski definition) is 0. The molecule has 0 amide bonds. The fourth-order valence-corrected chi connectivity index (χ4v) is 3.25. The Morgan fingerprint density at radius 1 is 1.27 bits per heavy atom. The lowest BCUT2D eigenvalue weighted by molar-refractivity contribution is 0.0600. The van der Waals surface area contributed by atoms with Crippen LogP contribution in [0.2, 0.25) is 5.02 Å². The molecule has 0 aliphatic heterocycles. The molecule has 0 bridgehead atoms. The van der Waals surface area contributed by atoms with Crippen LogP contribution in [-0.4, -0.2) is 34.2 Å². The molecular weight excluding hydrogens is 372 g/mol. The van der Waals surface area contributed by atoms with E-state index in [4.69, 9.17) is 11.6 Å². The quantitative estimate of drug-likeness (QED) is 0.365. The van der Waals surface area contributed by atoms with Crippen LogP contribution in [-0.2, 0) is 10.5 Å². The van der Waals surface area contributed by atoms with Crippen molar-refractivity contribution in [1.29, 1.82) is 0 Å². The van der Waals surface area contributed by atoms with Crippen LogP contribution in [0.5, 0.6) is 0 Å². The van der Waals surface area contributed by atoms with Gasteiger partial charge in [-0.15, -0.1) is 10.2 Å². The van der Waals surface area contributed by atoms with Crippen LogP contribution >= 0.6 is 23.4 Å². The molecular formula is C18H15ClN4O2S. The van der Waals surface area contributed by atoms with Gasteiger partial charge in [-0.2, -0.15) is 9.78 Å². The summed E-state index contributed by atoms with van der Waals surface area (Å²) in [4.78, 5) is 11.4. The molecule has 0 aliphatic rings. The molecule has 6 nitrogen and oxygen atoms in total. The minimum Gasteiger partial charge on any atom is -0.465 e. The number of nitrogens with zero attached hydrogens (tertiary/aromatic N) is 4. The summed E-state index contributed by atoms with van der Waals surface area (Å²) >= 11 is 7.67. The Balaban J connectivity index is 1.67. The topological polar surface area (TPSA) is 69.4 Å². The first kappa shape index (κ1) is 18.2. The molecule has 1 aromatic heterocycles. The molecule has 1 heterocycles. The van der Waals surface area contributed by atoms with Gasteiger partial charge in [-0.1, -0.05) is 53.7 Å². The van der Waals surface area contributed by atoms with Gasteiger partial charge in [0.15, 0.2) is 0 Å². The average Bonchev–Trinajstić information content (AvgIpc) is 3.13. The molecule has 0 spiro atoms. The third kappa shape index (κ3) is 4.50. The molecule has 0 saturated heterocycles. The second-order valence-corrected chi connectivity index (χ2v) is 6.55. The molecule has 0 saturated carbocycles. The number of hydrogen-bond acceptors (Lipinski definition) is 6. The van der Waals surface area contributed by atoms with Gasteiger partial charge in [0.05, 0.1) is 18.9 Å². The van der Waals surface area contributed by atoms with Crippen LogP contribution in [0.25, 0.3) is 0 Å². The van der Waals surface area contributed by atoms with Crippen molar-refractivity contribution in [2.24, 2.45) is 5.10 Å². The number of ether oxygens (including phenoxy) is 1. The van der Waals surface area contributed by atoms with Gasteiger partial charge < -0.3 is 4.74 Å². The number of aromatic nitrogens is 3. The molecule has 3 aromatic rings. The van der Waals surface area contributed by atoms with Crippen molar-refractivity contribution >= 4 is 35.5 Å². The van der Waals surface area contributed by atoms with E-state index in [9.17, 15) is 4.79 Å². The molecule has 8 heteroatoms. The zero-order valence-electron chi connectivity index (χ0n) is 13.9. The maximum absolute atomic E-state index is 11.4. The van der Waals surface area contributed by atoms with Gasteiger partial charge in [0.1, 0.15) is 6.33 Å². The zero-order valence-corrected chi connectivity index (χ0v) is 15.4. The number of methoxy groups -OCH3 is 1. The first-order valence-corrected chi connectivity index (χ1v) is 9.02. The predicted molar refractivity (Wildman–Crippen MR) is 102 cm³/mol. The monoisotopic (exact) mass is 386 g/mol. The normalized spacial score (nSPS) is 11.0. The molecule has 2 aromatic carbocycles. The SMILES string of the molecule is COC(=O)c1ccc(/C=N/n2cnnc2SCc2ccccc2Cl)cc1. The summed E-state index contributed by atoms with van der Waals surface area (Å²) in [7, 11) is 1.35. The molecule has 0 radical (unpaired) electrons. The summed E-state index contributed by atoms with van der Waals surface area (Å²) in [6.45, 7) is 0. The Hall–Kier alpha value is -2.64. The van der Waals surface area contributed by atoms with Gasteiger partial charge in [-0.05, 0) is 29.3 Å². The van der Waals surface area contributed by atoms with Crippen LogP contribution in [0.1, 0.15) is 21.5 Å². The highest BCUT2D eigenvalue weighted by Crippen LogP contribution is 2.25. The van der Waals surface area contributed by atoms with Crippen molar-refractivity contribution in [2.45, 2.75) is 10.9 Å². The Morgan fingerprint density at radius 2 is 2.04 bits per heavy atom. The van der Waals surface area contributed by atoms with Gasteiger partial charge in [0.25, 0.3) is 0 Å². The average molecular weight is 387 g/mol. The number of carbonyl (C=O) groups excluding carboxylic acids is 1. The minimum absolute atomic E-state index is 0.370. The standard InChI is InChI=1S/C18H15ClN4O2S/c1-25-17(24)14-8-6-13(7-9-14)10-21-23-12-20-22-18(23)26-11-15-4-2-3-5-16(15)19/h2-10,12H,11H2,1H3/b21-10+. The summed E-state index contributed by atoms with van der Waals surface area (Å²) < 4.78 is 6.27. The van der Waals surface area contributed by atoms with E-state index < -0.39 is 0 Å². The van der Waals surface area contributed by atoms with Crippen molar-refractivity contribution in [3.05, 3.63) is 76.6 Å². The third-order valence-electron chi connectivity index (χ3n) is 3.48. The highest BCUT2D eigenvalue weighted by Gasteiger charge is 2.07. The van der Waals surface area contributed by atoms with E-state index in [-0.39, 0.29) is 5.97 Å². The maximum atomic E-state index is 11.4. The van der Waals surface area contributed by atoms with Crippen molar-refractivity contribution in [2.75, 3.05) is 7.11 Å².